The summed E-state index contributed by atoms with van der Waals surface area (Å²) in [7, 11) is 0. The first kappa shape index (κ1) is 17.1. The van der Waals surface area contributed by atoms with Crippen LogP contribution >= 0.6 is 0 Å². The fraction of sp³-hybridized carbons (Fsp3) is 0.278. The molecule has 2 amide bonds. The number of amides is 2. The maximum absolute atomic E-state index is 12.6. The van der Waals surface area contributed by atoms with Gasteiger partial charge in [-0.25, -0.2) is 4.79 Å². The fourth-order valence-corrected chi connectivity index (χ4v) is 2.86. The molecular formula is C18H18F3N3O. The standard InChI is InChI=1S/C18H18F3N3O/c1-12-10-13(2-7-16(12)22)11-23-8-9-24(17(23)25)15-5-3-14(4-6-15)18(19,20)21/h2-7,10H,8-9,11,22H2,1H3. The van der Waals surface area contributed by atoms with Crippen molar-refractivity contribution in [3.8, 4) is 0 Å². The molecule has 2 aromatic carbocycles. The summed E-state index contributed by atoms with van der Waals surface area (Å²) in [4.78, 5) is 15.7. The largest absolute Gasteiger partial charge is 0.416 e. The van der Waals surface area contributed by atoms with Gasteiger partial charge in [-0.15, -0.1) is 0 Å². The summed E-state index contributed by atoms with van der Waals surface area (Å²) in [5, 5.41) is 0. The maximum atomic E-state index is 12.6. The molecule has 0 saturated carbocycles. The number of nitrogens with two attached hydrogens (primary N) is 1. The van der Waals surface area contributed by atoms with Crippen LogP contribution in [0.4, 0.5) is 29.3 Å². The number of carbonyl (C=O) groups is 1. The van der Waals surface area contributed by atoms with Crippen LogP contribution in [-0.4, -0.2) is 24.0 Å². The van der Waals surface area contributed by atoms with Gasteiger partial charge in [0.25, 0.3) is 0 Å². The van der Waals surface area contributed by atoms with Gasteiger partial charge in [-0.05, 0) is 48.4 Å². The lowest BCUT2D eigenvalue weighted by molar-refractivity contribution is -0.137. The average molecular weight is 349 g/mol. The van der Waals surface area contributed by atoms with Gasteiger partial charge in [0.05, 0.1) is 5.56 Å². The minimum Gasteiger partial charge on any atom is -0.399 e. The third-order valence-electron chi connectivity index (χ3n) is 4.31. The zero-order chi connectivity index (χ0) is 18.2. The van der Waals surface area contributed by atoms with Gasteiger partial charge in [-0.1, -0.05) is 12.1 Å². The van der Waals surface area contributed by atoms with E-state index in [9.17, 15) is 18.0 Å². The van der Waals surface area contributed by atoms with Crippen molar-refractivity contribution in [1.29, 1.82) is 0 Å². The highest BCUT2D eigenvalue weighted by Gasteiger charge is 2.32. The number of carbonyl (C=O) groups excluding carboxylic acids is 1. The summed E-state index contributed by atoms with van der Waals surface area (Å²) in [5.41, 5.74) is 8.15. The van der Waals surface area contributed by atoms with Gasteiger partial charge in [0.15, 0.2) is 0 Å². The van der Waals surface area contributed by atoms with Crippen molar-refractivity contribution in [1.82, 2.24) is 4.90 Å². The van der Waals surface area contributed by atoms with E-state index in [1.165, 1.54) is 17.0 Å². The van der Waals surface area contributed by atoms with E-state index < -0.39 is 11.7 Å². The second-order valence-electron chi connectivity index (χ2n) is 6.09. The number of nitrogens with zero attached hydrogens (tertiary/aromatic N) is 2. The van der Waals surface area contributed by atoms with Gasteiger partial charge >= 0.3 is 12.2 Å². The molecule has 2 aromatic rings. The Kier molecular flexibility index (Phi) is 4.32. The lowest BCUT2D eigenvalue weighted by Gasteiger charge is -2.19. The van der Waals surface area contributed by atoms with E-state index in [1.807, 2.05) is 19.1 Å². The Labute approximate surface area is 143 Å². The van der Waals surface area contributed by atoms with E-state index in [0.29, 0.717) is 31.0 Å². The molecule has 1 heterocycles. The first-order chi connectivity index (χ1) is 11.8. The Morgan fingerprint density at radius 1 is 1.08 bits per heavy atom. The minimum absolute atomic E-state index is 0.214. The second-order valence-corrected chi connectivity index (χ2v) is 6.09. The molecule has 0 spiro atoms. The molecule has 0 bridgehead atoms. The predicted octanol–water partition coefficient (Wildman–Crippen LogP) is 4.04. The summed E-state index contributed by atoms with van der Waals surface area (Å²) < 4.78 is 37.9. The molecule has 1 aliphatic rings. The third-order valence-corrected chi connectivity index (χ3v) is 4.31. The smallest absolute Gasteiger partial charge is 0.399 e. The Balaban J connectivity index is 1.72. The number of rotatable bonds is 3. The summed E-state index contributed by atoms with van der Waals surface area (Å²) in [6.07, 6.45) is -4.38. The Morgan fingerprint density at radius 3 is 2.36 bits per heavy atom. The van der Waals surface area contributed by atoms with Crippen molar-refractivity contribution in [2.24, 2.45) is 0 Å². The molecule has 2 N–H and O–H groups in total. The normalized spacial score (nSPS) is 15.1. The number of hydrogen-bond donors (Lipinski definition) is 1. The zero-order valence-electron chi connectivity index (χ0n) is 13.7. The molecule has 1 aliphatic heterocycles. The number of anilines is 2. The van der Waals surface area contributed by atoms with E-state index >= 15 is 0 Å². The van der Waals surface area contributed by atoms with Gasteiger partial charge < -0.3 is 10.6 Å². The van der Waals surface area contributed by atoms with Gasteiger partial charge in [0.1, 0.15) is 0 Å². The average Bonchev–Trinajstić information content (AvgIpc) is 2.91. The van der Waals surface area contributed by atoms with Crippen LogP contribution in [0.3, 0.4) is 0 Å². The van der Waals surface area contributed by atoms with Gasteiger partial charge in [0.2, 0.25) is 0 Å². The summed E-state index contributed by atoms with van der Waals surface area (Å²) in [5.74, 6) is 0. The quantitative estimate of drug-likeness (QED) is 0.851. The van der Waals surface area contributed by atoms with E-state index in [1.54, 1.807) is 11.0 Å². The van der Waals surface area contributed by atoms with Crippen molar-refractivity contribution in [2.75, 3.05) is 23.7 Å². The van der Waals surface area contributed by atoms with E-state index in [4.69, 9.17) is 5.73 Å². The molecule has 4 nitrogen and oxygen atoms in total. The van der Waals surface area contributed by atoms with E-state index in [2.05, 4.69) is 0 Å². The van der Waals surface area contributed by atoms with Crippen LogP contribution < -0.4 is 10.6 Å². The molecule has 3 rings (SSSR count). The first-order valence-electron chi connectivity index (χ1n) is 7.84. The number of alkyl halides is 3. The molecule has 1 saturated heterocycles. The van der Waals surface area contributed by atoms with Crippen LogP contribution in [0.25, 0.3) is 0 Å². The SMILES string of the molecule is Cc1cc(CN2CCN(c3ccc(C(F)(F)F)cc3)C2=O)ccc1N. The first-order valence-corrected chi connectivity index (χ1v) is 7.84. The molecular weight excluding hydrogens is 331 g/mol. The number of aryl methyl sites for hydroxylation is 1. The van der Waals surface area contributed by atoms with E-state index in [-0.39, 0.29) is 6.03 Å². The van der Waals surface area contributed by atoms with Crippen LogP contribution in [0, 0.1) is 6.92 Å². The monoisotopic (exact) mass is 349 g/mol. The van der Waals surface area contributed by atoms with Crippen molar-refractivity contribution in [3.63, 3.8) is 0 Å². The van der Waals surface area contributed by atoms with Crippen LogP contribution in [-0.2, 0) is 12.7 Å². The van der Waals surface area contributed by atoms with Crippen LogP contribution in [0.5, 0.6) is 0 Å². The lowest BCUT2D eigenvalue weighted by atomic mass is 10.1. The van der Waals surface area contributed by atoms with Gasteiger partial charge in [0, 0.05) is 31.0 Å². The number of benzene rings is 2. The van der Waals surface area contributed by atoms with Crippen molar-refractivity contribution < 1.29 is 18.0 Å². The van der Waals surface area contributed by atoms with Crippen LogP contribution in [0.15, 0.2) is 42.5 Å². The Bertz CT molecular complexity index is 787. The molecule has 1 fully saturated rings. The molecule has 0 aliphatic carbocycles. The van der Waals surface area contributed by atoms with Crippen LogP contribution in [0.1, 0.15) is 16.7 Å². The number of nitrogen functional groups attached to an aromatic ring is 1. The summed E-state index contributed by atoms with van der Waals surface area (Å²) >= 11 is 0. The highest BCUT2D eigenvalue weighted by atomic mass is 19.4. The van der Waals surface area contributed by atoms with Crippen molar-refractivity contribution in [2.45, 2.75) is 19.6 Å². The maximum Gasteiger partial charge on any atom is 0.416 e. The zero-order valence-corrected chi connectivity index (χ0v) is 13.7. The summed E-state index contributed by atoms with van der Waals surface area (Å²) in [6, 6.07) is 10.0. The van der Waals surface area contributed by atoms with Gasteiger partial charge in [-0.3, -0.25) is 4.90 Å². The van der Waals surface area contributed by atoms with Gasteiger partial charge in [-0.2, -0.15) is 13.2 Å². The van der Waals surface area contributed by atoms with E-state index in [0.717, 1.165) is 23.3 Å². The number of halogens is 3. The topological polar surface area (TPSA) is 49.6 Å². The second kappa shape index (κ2) is 6.31. The molecule has 7 heteroatoms. The molecule has 25 heavy (non-hydrogen) atoms. The number of urea groups is 1. The fourth-order valence-electron chi connectivity index (χ4n) is 2.86. The molecule has 0 radical (unpaired) electrons. The molecule has 0 atom stereocenters. The summed E-state index contributed by atoms with van der Waals surface area (Å²) in [6.45, 7) is 3.30. The Morgan fingerprint density at radius 2 is 1.76 bits per heavy atom. The van der Waals surface area contributed by atoms with Crippen molar-refractivity contribution in [3.05, 3.63) is 59.2 Å². The molecule has 132 valence electrons. The highest BCUT2D eigenvalue weighted by molar-refractivity contribution is 5.94. The minimum atomic E-state index is -4.38. The predicted molar refractivity (Wildman–Crippen MR) is 90.2 cm³/mol. The molecule has 0 unspecified atom stereocenters. The number of hydrogen-bond acceptors (Lipinski definition) is 2. The molecule has 0 aromatic heterocycles. The third kappa shape index (κ3) is 3.55. The highest BCUT2D eigenvalue weighted by Crippen LogP contribution is 2.31. The lowest BCUT2D eigenvalue weighted by Crippen LogP contribution is -2.31. The van der Waals surface area contributed by atoms with Crippen LogP contribution in [0.2, 0.25) is 0 Å². The Hall–Kier alpha value is -2.70. The van der Waals surface area contributed by atoms with Crippen molar-refractivity contribution >= 4 is 17.4 Å².